The van der Waals surface area contributed by atoms with Gasteiger partial charge in [0.15, 0.2) is 0 Å². The molecule has 2 saturated carbocycles. The molecule has 2 aliphatic carbocycles. The van der Waals surface area contributed by atoms with Crippen molar-refractivity contribution in [1.82, 2.24) is 15.1 Å². The number of nitrogens with one attached hydrogen (secondary N) is 1. The first kappa shape index (κ1) is 20.8. The molecule has 1 aromatic heterocycles. The molecule has 2 aromatic rings. The fourth-order valence-electron chi connectivity index (χ4n) is 4.95. The van der Waals surface area contributed by atoms with Gasteiger partial charge in [-0.25, -0.2) is 9.07 Å². The molecule has 1 aromatic carbocycles. The summed E-state index contributed by atoms with van der Waals surface area (Å²) in [6.07, 6.45) is 5.36. The lowest BCUT2D eigenvalue weighted by molar-refractivity contribution is 0.0755. The topological polar surface area (TPSA) is 72.9 Å². The van der Waals surface area contributed by atoms with E-state index in [-0.39, 0.29) is 30.4 Å². The summed E-state index contributed by atoms with van der Waals surface area (Å²) in [7, 11) is 0. The van der Waals surface area contributed by atoms with Crippen molar-refractivity contribution in [3.63, 3.8) is 0 Å². The molecule has 1 amide bonds. The standard InChI is InChI=1S/C21H27FN4O.ClH/c1-12-8-13(2)26(25-12)19-7-6-16(11-18(19)22)21(27)24-20-14-4-3-5-15(20)10-17(23)9-14;/h6-8,11,14-15,17,20H,3-5,9-10,23H2,1-2H3,(H,24,27);1H. The van der Waals surface area contributed by atoms with E-state index in [0.717, 1.165) is 37.1 Å². The van der Waals surface area contributed by atoms with Gasteiger partial charge in [-0.2, -0.15) is 5.10 Å². The van der Waals surface area contributed by atoms with Crippen LogP contribution in [0.3, 0.4) is 0 Å². The summed E-state index contributed by atoms with van der Waals surface area (Å²) < 4.78 is 16.3. The minimum atomic E-state index is -0.445. The van der Waals surface area contributed by atoms with Crippen LogP contribution in [0.1, 0.15) is 53.8 Å². The molecule has 2 atom stereocenters. The second kappa shape index (κ2) is 8.21. The van der Waals surface area contributed by atoms with E-state index < -0.39 is 5.82 Å². The summed E-state index contributed by atoms with van der Waals surface area (Å²) in [5, 5.41) is 7.50. The number of nitrogens with zero attached hydrogens (tertiary/aromatic N) is 2. The highest BCUT2D eigenvalue weighted by molar-refractivity contribution is 5.94. The van der Waals surface area contributed by atoms with E-state index in [1.54, 1.807) is 16.8 Å². The minimum Gasteiger partial charge on any atom is -0.349 e. The predicted octanol–water partition coefficient (Wildman–Crippen LogP) is 3.69. The minimum absolute atomic E-state index is 0. The molecular formula is C21H28ClFN4O. The van der Waals surface area contributed by atoms with E-state index in [1.165, 1.54) is 12.5 Å². The zero-order valence-corrected chi connectivity index (χ0v) is 17.1. The molecule has 0 radical (unpaired) electrons. The van der Waals surface area contributed by atoms with Gasteiger partial charge in [-0.3, -0.25) is 4.79 Å². The Morgan fingerprint density at radius 3 is 2.46 bits per heavy atom. The predicted molar refractivity (Wildman–Crippen MR) is 110 cm³/mol. The van der Waals surface area contributed by atoms with Crippen LogP contribution in [0.4, 0.5) is 4.39 Å². The summed E-state index contributed by atoms with van der Waals surface area (Å²) in [6, 6.07) is 6.91. The zero-order chi connectivity index (χ0) is 19.1. The molecule has 28 heavy (non-hydrogen) atoms. The zero-order valence-electron chi connectivity index (χ0n) is 16.3. The maximum absolute atomic E-state index is 14.7. The van der Waals surface area contributed by atoms with Gasteiger partial charge in [0.2, 0.25) is 0 Å². The normalized spacial score (nSPS) is 26.4. The van der Waals surface area contributed by atoms with Gasteiger partial charge >= 0.3 is 0 Å². The average molecular weight is 407 g/mol. The number of fused-ring (bicyclic) bond motifs is 2. The second-order valence-corrected chi connectivity index (χ2v) is 8.19. The quantitative estimate of drug-likeness (QED) is 0.816. The molecule has 2 aliphatic rings. The third-order valence-corrected chi connectivity index (χ3v) is 6.12. The van der Waals surface area contributed by atoms with Crippen LogP contribution in [-0.4, -0.2) is 27.8 Å². The molecule has 3 N–H and O–H groups in total. The monoisotopic (exact) mass is 406 g/mol. The fourth-order valence-corrected chi connectivity index (χ4v) is 4.95. The highest BCUT2D eigenvalue weighted by Crippen LogP contribution is 2.39. The van der Waals surface area contributed by atoms with Gasteiger partial charge in [0.1, 0.15) is 11.5 Å². The summed E-state index contributed by atoms with van der Waals surface area (Å²) >= 11 is 0. The van der Waals surface area contributed by atoms with Crippen molar-refractivity contribution in [3.8, 4) is 5.69 Å². The lowest BCUT2D eigenvalue weighted by Gasteiger charge is -2.45. The number of carbonyl (C=O) groups is 1. The van der Waals surface area contributed by atoms with Crippen molar-refractivity contribution in [2.75, 3.05) is 0 Å². The van der Waals surface area contributed by atoms with Crippen LogP contribution in [0.5, 0.6) is 0 Å². The number of aromatic nitrogens is 2. The maximum atomic E-state index is 14.7. The molecule has 0 aliphatic heterocycles. The molecule has 5 nitrogen and oxygen atoms in total. The molecule has 0 saturated heterocycles. The van der Waals surface area contributed by atoms with Crippen LogP contribution in [-0.2, 0) is 0 Å². The van der Waals surface area contributed by atoms with E-state index in [0.29, 0.717) is 23.1 Å². The summed E-state index contributed by atoms with van der Waals surface area (Å²) in [5.41, 5.74) is 8.56. The highest BCUT2D eigenvalue weighted by Gasteiger charge is 2.40. The Bertz CT molecular complexity index is 854. The number of benzene rings is 1. The van der Waals surface area contributed by atoms with E-state index in [1.807, 2.05) is 19.9 Å². The first-order chi connectivity index (χ1) is 12.9. The fraction of sp³-hybridized carbons (Fsp3) is 0.524. The van der Waals surface area contributed by atoms with Crippen molar-refractivity contribution in [2.45, 2.75) is 58.0 Å². The summed E-state index contributed by atoms with van der Waals surface area (Å²) in [5.74, 6) is 0.233. The van der Waals surface area contributed by atoms with Crippen molar-refractivity contribution in [3.05, 3.63) is 47.0 Å². The molecular weight excluding hydrogens is 379 g/mol. The lowest BCUT2D eigenvalue weighted by atomic mass is 9.67. The number of hydrogen-bond donors (Lipinski definition) is 2. The Labute approximate surface area is 171 Å². The largest absolute Gasteiger partial charge is 0.349 e. The number of amides is 1. The van der Waals surface area contributed by atoms with Crippen molar-refractivity contribution < 1.29 is 9.18 Å². The molecule has 4 rings (SSSR count). The SMILES string of the molecule is Cc1cc(C)n(-c2ccc(C(=O)NC3C4CCCC3CC(N)C4)cc2F)n1.Cl. The summed E-state index contributed by atoms with van der Waals surface area (Å²) in [4.78, 5) is 12.8. The number of halogens is 2. The molecule has 2 unspecified atom stereocenters. The van der Waals surface area contributed by atoms with Crippen LogP contribution in [0.25, 0.3) is 5.69 Å². The Morgan fingerprint density at radius 2 is 1.89 bits per heavy atom. The molecule has 7 heteroatoms. The van der Waals surface area contributed by atoms with Crippen LogP contribution in [0.2, 0.25) is 0 Å². The third kappa shape index (κ3) is 3.94. The Morgan fingerprint density at radius 1 is 1.21 bits per heavy atom. The maximum Gasteiger partial charge on any atom is 0.251 e. The van der Waals surface area contributed by atoms with Crippen LogP contribution < -0.4 is 11.1 Å². The van der Waals surface area contributed by atoms with Gasteiger partial charge in [0, 0.05) is 23.3 Å². The number of aryl methyl sites for hydroxylation is 2. The Kier molecular flexibility index (Phi) is 6.10. The smallest absolute Gasteiger partial charge is 0.251 e. The van der Waals surface area contributed by atoms with Gasteiger partial charge in [-0.05, 0) is 75.6 Å². The Balaban J connectivity index is 0.00000225. The molecule has 2 bridgehead atoms. The first-order valence-electron chi connectivity index (χ1n) is 9.82. The number of rotatable bonds is 3. The van der Waals surface area contributed by atoms with Crippen molar-refractivity contribution in [1.29, 1.82) is 0 Å². The van der Waals surface area contributed by atoms with Gasteiger partial charge in [-0.15, -0.1) is 12.4 Å². The van der Waals surface area contributed by atoms with Crippen molar-refractivity contribution >= 4 is 18.3 Å². The van der Waals surface area contributed by atoms with Crippen LogP contribution in [0, 0.1) is 31.5 Å². The lowest BCUT2D eigenvalue weighted by Crippen LogP contribution is -2.53. The third-order valence-electron chi connectivity index (χ3n) is 6.12. The van der Waals surface area contributed by atoms with Gasteiger partial charge in [0.25, 0.3) is 5.91 Å². The molecule has 152 valence electrons. The molecule has 1 heterocycles. The average Bonchev–Trinajstić information content (AvgIpc) is 2.93. The Hall–Kier alpha value is -1.92. The van der Waals surface area contributed by atoms with Gasteiger partial charge in [0.05, 0.1) is 5.69 Å². The summed E-state index contributed by atoms with van der Waals surface area (Å²) in [6.45, 7) is 3.75. The van der Waals surface area contributed by atoms with Gasteiger partial charge in [-0.1, -0.05) is 6.42 Å². The highest BCUT2D eigenvalue weighted by atomic mass is 35.5. The molecule has 2 fully saturated rings. The number of nitrogens with two attached hydrogens (primary N) is 1. The number of carbonyl (C=O) groups excluding carboxylic acids is 1. The van der Waals surface area contributed by atoms with E-state index in [2.05, 4.69) is 10.4 Å². The molecule has 0 spiro atoms. The van der Waals surface area contributed by atoms with Crippen LogP contribution in [0.15, 0.2) is 24.3 Å². The van der Waals surface area contributed by atoms with E-state index in [9.17, 15) is 9.18 Å². The van der Waals surface area contributed by atoms with Crippen LogP contribution >= 0.6 is 12.4 Å². The van der Waals surface area contributed by atoms with E-state index in [4.69, 9.17) is 5.73 Å². The van der Waals surface area contributed by atoms with E-state index >= 15 is 0 Å². The van der Waals surface area contributed by atoms with Crippen molar-refractivity contribution in [2.24, 2.45) is 17.6 Å². The first-order valence-corrected chi connectivity index (χ1v) is 9.82. The second-order valence-electron chi connectivity index (χ2n) is 8.19. The number of hydrogen-bond acceptors (Lipinski definition) is 3. The van der Waals surface area contributed by atoms with Gasteiger partial charge < -0.3 is 11.1 Å².